The van der Waals surface area contributed by atoms with Crippen LogP contribution in [0.3, 0.4) is 0 Å². The molecule has 4 heteroatoms. The summed E-state index contributed by atoms with van der Waals surface area (Å²) in [5.41, 5.74) is 4.89. The molecule has 18 heavy (non-hydrogen) atoms. The van der Waals surface area contributed by atoms with Crippen LogP contribution in [0.2, 0.25) is 0 Å². The zero-order valence-electron chi connectivity index (χ0n) is 9.58. The molecule has 0 amide bonds. The van der Waals surface area contributed by atoms with E-state index in [2.05, 4.69) is 15.5 Å². The smallest absolute Gasteiger partial charge is 0.0951 e. The first-order valence-electron chi connectivity index (χ1n) is 5.60. The number of benzene rings is 1. The summed E-state index contributed by atoms with van der Waals surface area (Å²) in [5, 5.41) is 7.36. The third kappa shape index (κ3) is 2.24. The lowest BCUT2D eigenvalue weighted by Crippen LogP contribution is -1.91. The first-order valence-corrected chi connectivity index (χ1v) is 6.48. The van der Waals surface area contributed by atoms with E-state index in [1.54, 1.807) is 17.5 Å². The van der Waals surface area contributed by atoms with E-state index >= 15 is 0 Å². The van der Waals surface area contributed by atoms with Crippen molar-refractivity contribution in [2.45, 2.75) is 0 Å². The summed E-state index contributed by atoms with van der Waals surface area (Å²) in [6, 6.07) is 14.0. The van der Waals surface area contributed by atoms with Gasteiger partial charge in [-0.25, -0.2) is 0 Å². The van der Waals surface area contributed by atoms with E-state index < -0.39 is 0 Å². The van der Waals surface area contributed by atoms with Gasteiger partial charge < -0.3 is 0 Å². The van der Waals surface area contributed by atoms with Crippen molar-refractivity contribution in [3.8, 4) is 0 Å². The van der Waals surface area contributed by atoms with Gasteiger partial charge >= 0.3 is 0 Å². The lowest BCUT2D eigenvalue weighted by molar-refractivity contribution is 1.33. The van der Waals surface area contributed by atoms with Crippen molar-refractivity contribution in [2.75, 3.05) is 5.43 Å². The zero-order valence-corrected chi connectivity index (χ0v) is 10.4. The lowest BCUT2D eigenvalue weighted by Gasteiger charge is -2.03. The quantitative estimate of drug-likeness (QED) is 0.570. The van der Waals surface area contributed by atoms with E-state index in [0.29, 0.717) is 0 Å². The van der Waals surface area contributed by atoms with Crippen molar-refractivity contribution in [1.82, 2.24) is 4.98 Å². The normalized spacial score (nSPS) is 11.1. The van der Waals surface area contributed by atoms with E-state index in [1.165, 1.54) is 0 Å². The first kappa shape index (κ1) is 10.9. The van der Waals surface area contributed by atoms with Gasteiger partial charge in [0, 0.05) is 16.5 Å². The maximum Gasteiger partial charge on any atom is 0.0951 e. The predicted octanol–water partition coefficient (Wildman–Crippen LogP) is 3.74. The molecule has 88 valence electrons. The van der Waals surface area contributed by atoms with Crippen LogP contribution < -0.4 is 5.43 Å². The molecule has 0 bridgehead atoms. The van der Waals surface area contributed by atoms with Crippen LogP contribution in [0.1, 0.15) is 4.88 Å². The highest BCUT2D eigenvalue weighted by Crippen LogP contribution is 2.20. The summed E-state index contributed by atoms with van der Waals surface area (Å²) >= 11 is 1.66. The maximum absolute atomic E-state index is 4.36. The Morgan fingerprint density at radius 2 is 2.06 bits per heavy atom. The van der Waals surface area contributed by atoms with Gasteiger partial charge in [-0.2, -0.15) is 5.10 Å². The number of thiophene rings is 1. The fourth-order valence-corrected chi connectivity index (χ4v) is 2.31. The molecule has 3 aromatic rings. The molecule has 3 rings (SSSR count). The average molecular weight is 253 g/mol. The largest absolute Gasteiger partial charge is 0.276 e. The van der Waals surface area contributed by atoms with E-state index in [9.17, 15) is 0 Å². The Kier molecular flexibility index (Phi) is 3.02. The van der Waals surface area contributed by atoms with Crippen molar-refractivity contribution in [1.29, 1.82) is 0 Å². The summed E-state index contributed by atoms with van der Waals surface area (Å²) in [6.07, 6.45) is 3.60. The highest BCUT2D eigenvalue weighted by Gasteiger charge is 1.99. The second-order valence-corrected chi connectivity index (χ2v) is 4.75. The van der Waals surface area contributed by atoms with Gasteiger partial charge in [-0.15, -0.1) is 11.3 Å². The summed E-state index contributed by atoms with van der Waals surface area (Å²) < 4.78 is 0. The Hall–Kier alpha value is -2.20. The maximum atomic E-state index is 4.36. The van der Waals surface area contributed by atoms with Gasteiger partial charge in [0.1, 0.15) is 0 Å². The Balaban J connectivity index is 1.87. The third-order valence-corrected chi connectivity index (χ3v) is 3.36. The predicted molar refractivity (Wildman–Crippen MR) is 77.3 cm³/mol. The minimum atomic E-state index is 0.918. The molecule has 1 N–H and O–H groups in total. The highest BCUT2D eigenvalue weighted by atomic mass is 32.1. The number of rotatable bonds is 3. The van der Waals surface area contributed by atoms with Crippen LogP contribution in [0.5, 0.6) is 0 Å². The average Bonchev–Trinajstić information content (AvgIpc) is 2.92. The number of anilines is 1. The number of hydrogen-bond donors (Lipinski definition) is 1. The molecule has 0 saturated heterocycles. The number of para-hydroxylation sites is 1. The summed E-state index contributed by atoms with van der Waals surface area (Å²) in [6.45, 7) is 0. The number of nitrogens with zero attached hydrogens (tertiary/aromatic N) is 2. The second kappa shape index (κ2) is 4.98. The van der Waals surface area contributed by atoms with E-state index in [-0.39, 0.29) is 0 Å². The van der Waals surface area contributed by atoms with E-state index in [0.717, 1.165) is 21.5 Å². The molecule has 0 fully saturated rings. The van der Waals surface area contributed by atoms with Crippen LogP contribution in [0.15, 0.2) is 59.1 Å². The molecule has 0 aliphatic carbocycles. The molecule has 0 radical (unpaired) electrons. The summed E-state index contributed by atoms with van der Waals surface area (Å²) in [5.74, 6) is 0. The molecule has 3 nitrogen and oxygen atoms in total. The van der Waals surface area contributed by atoms with Gasteiger partial charge in [0.05, 0.1) is 17.4 Å². The minimum absolute atomic E-state index is 0.918. The number of pyridine rings is 1. The Morgan fingerprint density at radius 3 is 2.94 bits per heavy atom. The molecule has 2 heterocycles. The molecule has 2 aromatic heterocycles. The van der Waals surface area contributed by atoms with Gasteiger partial charge in [-0.1, -0.05) is 24.3 Å². The molecule has 0 unspecified atom stereocenters. The molecule has 0 saturated carbocycles. The molecular formula is C14H11N3S. The molecule has 0 aliphatic rings. The van der Waals surface area contributed by atoms with Crippen LogP contribution >= 0.6 is 11.3 Å². The Labute approximate surface area is 109 Å². The molecule has 0 spiro atoms. The molecule has 1 aromatic carbocycles. The van der Waals surface area contributed by atoms with Crippen molar-refractivity contribution in [2.24, 2.45) is 5.10 Å². The van der Waals surface area contributed by atoms with Crippen LogP contribution in [0.4, 0.5) is 5.69 Å². The zero-order chi connectivity index (χ0) is 12.2. The minimum Gasteiger partial charge on any atom is -0.276 e. The Bertz CT molecular complexity index is 669. The van der Waals surface area contributed by atoms with Gasteiger partial charge in [-0.05, 0) is 23.6 Å². The van der Waals surface area contributed by atoms with Crippen molar-refractivity contribution >= 4 is 34.1 Å². The molecular weight excluding hydrogens is 242 g/mol. The van der Waals surface area contributed by atoms with Gasteiger partial charge in [0.15, 0.2) is 0 Å². The van der Waals surface area contributed by atoms with Gasteiger partial charge in [0.2, 0.25) is 0 Å². The fraction of sp³-hybridized carbons (Fsp3) is 0. The van der Waals surface area contributed by atoms with Crippen molar-refractivity contribution in [3.05, 3.63) is 58.9 Å². The van der Waals surface area contributed by atoms with E-state index in [4.69, 9.17) is 0 Å². The number of aromatic nitrogens is 1. The third-order valence-electron chi connectivity index (χ3n) is 2.55. The molecule has 0 atom stereocenters. The van der Waals surface area contributed by atoms with Gasteiger partial charge in [0.25, 0.3) is 0 Å². The van der Waals surface area contributed by atoms with Crippen LogP contribution in [-0.2, 0) is 0 Å². The number of hydrogen-bond acceptors (Lipinski definition) is 4. The fourth-order valence-electron chi connectivity index (χ4n) is 1.72. The number of nitrogens with one attached hydrogen (secondary N) is 1. The highest BCUT2D eigenvalue weighted by molar-refractivity contribution is 7.11. The number of fused-ring (bicyclic) bond motifs is 1. The lowest BCUT2D eigenvalue weighted by atomic mass is 10.2. The van der Waals surface area contributed by atoms with E-state index in [1.807, 2.05) is 54.1 Å². The number of hydrazone groups is 1. The molecule has 0 aliphatic heterocycles. The summed E-state index contributed by atoms with van der Waals surface area (Å²) in [4.78, 5) is 5.48. The topological polar surface area (TPSA) is 37.3 Å². The van der Waals surface area contributed by atoms with Crippen LogP contribution in [0, 0.1) is 0 Å². The Morgan fingerprint density at radius 1 is 1.11 bits per heavy atom. The SMILES string of the molecule is C(=NNc1cccc2cccnc12)c1cccs1. The van der Waals surface area contributed by atoms with Crippen molar-refractivity contribution in [3.63, 3.8) is 0 Å². The second-order valence-electron chi connectivity index (χ2n) is 3.77. The standard InChI is InChI=1S/C14H11N3S/c1-4-11-5-2-8-15-14(11)13(7-1)17-16-10-12-6-3-9-18-12/h1-10,17H. The first-order chi connectivity index (χ1) is 8.93. The van der Waals surface area contributed by atoms with Gasteiger partial charge in [-0.3, -0.25) is 10.4 Å². The van der Waals surface area contributed by atoms with Crippen molar-refractivity contribution < 1.29 is 0 Å². The van der Waals surface area contributed by atoms with Crippen LogP contribution in [0.25, 0.3) is 10.9 Å². The van der Waals surface area contributed by atoms with Crippen LogP contribution in [-0.4, -0.2) is 11.2 Å². The summed E-state index contributed by atoms with van der Waals surface area (Å²) in [7, 11) is 0. The monoisotopic (exact) mass is 253 g/mol.